The van der Waals surface area contributed by atoms with Crippen LogP contribution in [-0.2, 0) is 14.6 Å². The van der Waals surface area contributed by atoms with Crippen molar-refractivity contribution in [3.63, 3.8) is 0 Å². The lowest BCUT2D eigenvalue weighted by Crippen LogP contribution is -2.29. The van der Waals surface area contributed by atoms with Crippen LogP contribution < -0.4 is 4.90 Å². The van der Waals surface area contributed by atoms with E-state index in [4.69, 9.17) is 4.74 Å². The molecule has 150 valence electrons. The van der Waals surface area contributed by atoms with Gasteiger partial charge in [0.25, 0.3) is 0 Å². The highest BCUT2D eigenvalue weighted by Crippen LogP contribution is 2.25. The zero-order chi connectivity index (χ0) is 20.0. The van der Waals surface area contributed by atoms with Gasteiger partial charge in [-0.1, -0.05) is 13.3 Å². The van der Waals surface area contributed by atoms with Gasteiger partial charge in [0, 0.05) is 18.8 Å². The van der Waals surface area contributed by atoms with Crippen molar-refractivity contribution >= 4 is 21.5 Å². The van der Waals surface area contributed by atoms with E-state index in [0.29, 0.717) is 12.2 Å². The lowest BCUT2D eigenvalue weighted by molar-refractivity contribution is 0.0499. The summed E-state index contributed by atoms with van der Waals surface area (Å²) in [5, 5.41) is 0. The topological polar surface area (TPSA) is 63.7 Å². The van der Waals surface area contributed by atoms with Crippen LogP contribution in [-0.4, -0.2) is 34.1 Å². The predicted octanol–water partition coefficient (Wildman–Crippen LogP) is 4.47. The van der Waals surface area contributed by atoms with Gasteiger partial charge in [-0.25, -0.2) is 13.2 Å². The molecule has 1 saturated heterocycles. The van der Waals surface area contributed by atoms with Gasteiger partial charge >= 0.3 is 5.97 Å². The number of rotatable bonds is 7. The number of carbonyl (C=O) groups excluding carboxylic acids is 1. The van der Waals surface area contributed by atoms with Crippen LogP contribution in [0.4, 0.5) is 5.69 Å². The molecule has 0 amide bonds. The molecule has 2 aromatic rings. The van der Waals surface area contributed by atoms with Gasteiger partial charge in [0.2, 0.25) is 9.84 Å². The van der Waals surface area contributed by atoms with E-state index in [1.54, 1.807) is 12.1 Å². The number of unbranched alkanes of at least 4 members (excludes halogenated alkanes) is 1. The zero-order valence-corrected chi connectivity index (χ0v) is 17.1. The third-order valence-electron chi connectivity index (χ3n) is 5.00. The van der Waals surface area contributed by atoms with Crippen molar-refractivity contribution in [2.75, 3.05) is 24.6 Å². The van der Waals surface area contributed by atoms with Crippen molar-refractivity contribution < 1.29 is 17.9 Å². The second-order valence-electron chi connectivity index (χ2n) is 7.06. The molecule has 0 N–H and O–H groups in total. The van der Waals surface area contributed by atoms with Gasteiger partial charge in [-0.05, 0) is 74.2 Å². The summed E-state index contributed by atoms with van der Waals surface area (Å²) in [6.45, 7) is 4.43. The van der Waals surface area contributed by atoms with E-state index < -0.39 is 15.8 Å². The Morgan fingerprint density at radius 2 is 1.50 bits per heavy atom. The Labute approximate surface area is 167 Å². The largest absolute Gasteiger partial charge is 0.462 e. The molecule has 28 heavy (non-hydrogen) atoms. The minimum Gasteiger partial charge on any atom is -0.462 e. The lowest BCUT2D eigenvalue weighted by Gasteiger charge is -2.28. The maximum absolute atomic E-state index is 12.9. The van der Waals surface area contributed by atoms with Crippen LogP contribution in [0.25, 0.3) is 0 Å². The Bertz CT molecular complexity index is 883. The van der Waals surface area contributed by atoms with E-state index in [2.05, 4.69) is 4.90 Å². The summed E-state index contributed by atoms with van der Waals surface area (Å²) in [6, 6.07) is 13.0. The summed E-state index contributed by atoms with van der Waals surface area (Å²) in [7, 11) is -3.62. The molecule has 1 fully saturated rings. The van der Waals surface area contributed by atoms with E-state index in [1.165, 1.54) is 43.5 Å². The molecule has 1 heterocycles. The second kappa shape index (κ2) is 9.24. The lowest BCUT2D eigenvalue weighted by atomic mass is 10.1. The van der Waals surface area contributed by atoms with Gasteiger partial charge < -0.3 is 9.64 Å². The number of carbonyl (C=O) groups is 1. The number of sulfone groups is 1. The molecular formula is C22H27NO4S. The molecule has 0 radical (unpaired) electrons. The summed E-state index contributed by atoms with van der Waals surface area (Å²) >= 11 is 0. The van der Waals surface area contributed by atoms with E-state index in [-0.39, 0.29) is 9.79 Å². The number of benzene rings is 2. The van der Waals surface area contributed by atoms with Crippen molar-refractivity contribution in [1.82, 2.24) is 0 Å². The van der Waals surface area contributed by atoms with E-state index in [9.17, 15) is 13.2 Å². The normalized spacial score (nSPS) is 14.7. The summed E-state index contributed by atoms with van der Waals surface area (Å²) in [4.78, 5) is 14.7. The first kappa shape index (κ1) is 20.4. The number of hydrogen-bond acceptors (Lipinski definition) is 5. The molecule has 6 heteroatoms. The van der Waals surface area contributed by atoms with Crippen LogP contribution >= 0.6 is 0 Å². The smallest absolute Gasteiger partial charge is 0.338 e. The second-order valence-corrected chi connectivity index (χ2v) is 9.01. The summed E-state index contributed by atoms with van der Waals surface area (Å²) in [6.07, 6.45) is 5.36. The molecule has 0 unspecified atom stereocenters. The van der Waals surface area contributed by atoms with E-state index in [1.807, 2.05) is 19.1 Å². The average molecular weight is 402 g/mol. The fourth-order valence-corrected chi connectivity index (χ4v) is 4.55. The van der Waals surface area contributed by atoms with Crippen LogP contribution in [0.15, 0.2) is 58.3 Å². The predicted molar refractivity (Wildman–Crippen MR) is 110 cm³/mol. The third kappa shape index (κ3) is 4.73. The molecule has 1 aliphatic heterocycles. The maximum atomic E-state index is 12.9. The van der Waals surface area contributed by atoms with Crippen molar-refractivity contribution in [3.8, 4) is 0 Å². The van der Waals surface area contributed by atoms with Crippen molar-refractivity contribution in [1.29, 1.82) is 0 Å². The van der Waals surface area contributed by atoms with Crippen molar-refractivity contribution in [3.05, 3.63) is 54.1 Å². The fraction of sp³-hybridized carbons (Fsp3) is 0.409. The first-order valence-electron chi connectivity index (χ1n) is 9.89. The molecule has 0 saturated carbocycles. The number of piperidine rings is 1. The number of hydrogen-bond donors (Lipinski definition) is 0. The van der Waals surface area contributed by atoms with Gasteiger partial charge in [-0.15, -0.1) is 0 Å². The van der Waals surface area contributed by atoms with Crippen LogP contribution in [0.2, 0.25) is 0 Å². The monoisotopic (exact) mass is 401 g/mol. The third-order valence-corrected chi connectivity index (χ3v) is 6.79. The summed E-state index contributed by atoms with van der Waals surface area (Å²) in [5.74, 6) is -0.428. The van der Waals surface area contributed by atoms with Gasteiger partial charge in [-0.2, -0.15) is 0 Å². The molecule has 5 nitrogen and oxygen atoms in total. The molecule has 2 aromatic carbocycles. The standard InChI is InChI=1S/C22H27NO4S/c1-2-3-17-27-22(24)18-7-11-20(12-8-18)28(25,26)21-13-9-19(10-14-21)23-15-5-4-6-16-23/h7-14H,2-6,15-17H2,1H3. The molecule has 0 aliphatic carbocycles. The molecule has 3 rings (SSSR count). The Kier molecular flexibility index (Phi) is 6.73. The summed E-state index contributed by atoms with van der Waals surface area (Å²) < 4.78 is 30.9. The quantitative estimate of drug-likeness (QED) is 0.506. The van der Waals surface area contributed by atoms with Gasteiger partial charge in [0.05, 0.1) is 22.0 Å². The molecular weight excluding hydrogens is 374 g/mol. The minimum absolute atomic E-state index is 0.170. The Hall–Kier alpha value is -2.34. The molecule has 0 atom stereocenters. The average Bonchev–Trinajstić information content (AvgIpc) is 2.74. The highest BCUT2D eigenvalue weighted by Gasteiger charge is 2.19. The SMILES string of the molecule is CCCCOC(=O)c1ccc(S(=O)(=O)c2ccc(N3CCCCC3)cc2)cc1. The highest BCUT2D eigenvalue weighted by molar-refractivity contribution is 7.91. The Morgan fingerprint density at radius 1 is 0.929 bits per heavy atom. The summed E-state index contributed by atoms with van der Waals surface area (Å²) in [5.41, 5.74) is 1.42. The van der Waals surface area contributed by atoms with Crippen LogP contribution in [0, 0.1) is 0 Å². The minimum atomic E-state index is -3.62. The van der Waals surface area contributed by atoms with E-state index >= 15 is 0 Å². The van der Waals surface area contributed by atoms with Gasteiger partial charge in [0.15, 0.2) is 0 Å². The number of esters is 1. The van der Waals surface area contributed by atoms with Crippen LogP contribution in [0.3, 0.4) is 0 Å². The van der Waals surface area contributed by atoms with Crippen molar-refractivity contribution in [2.24, 2.45) is 0 Å². The van der Waals surface area contributed by atoms with Gasteiger partial charge in [0.1, 0.15) is 0 Å². The number of nitrogens with zero attached hydrogens (tertiary/aromatic N) is 1. The van der Waals surface area contributed by atoms with E-state index in [0.717, 1.165) is 31.6 Å². The molecule has 1 aliphatic rings. The Morgan fingerprint density at radius 3 is 2.07 bits per heavy atom. The first-order valence-corrected chi connectivity index (χ1v) is 11.4. The zero-order valence-electron chi connectivity index (χ0n) is 16.3. The van der Waals surface area contributed by atoms with Crippen LogP contribution in [0.1, 0.15) is 49.4 Å². The molecule has 0 spiro atoms. The first-order chi connectivity index (χ1) is 13.5. The maximum Gasteiger partial charge on any atom is 0.338 e. The fourth-order valence-electron chi connectivity index (χ4n) is 3.29. The van der Waals surface area contributed by atoms with Gasteiger partial charge in [-0.3, -0.25) is 0 Å². The highest BCUT2D eigenvalue weighted by atomic mass is 32.2. The van der Waals surface area contributed by atoms with Crippen molar-refractivity contribution in [2.45, 2.75) is 48.8 Å². The Balaban J connectivity index is 1.72. The molecule has 0 aromatic heterocycles. The van der Waals surface area contributed by atoms with Crippen LogP contribution in [0.5, 0.6) is 0 Å². The number of ether oxygens (including phenoxy) is 1. The number of anilines is 1. The molecule has 0 bridgehead atoms.